The van der Waals surface area contributed by atoms with E-state index in [1.165, 1.54) is 30.5 Å². The Morgan fingerprint density at radius 2 is 1.81 bits per heavy atom. The number of epoxide rings is 1. The fraction of sp³-hybridized carbons (Fsp3) is 0.542. The fourth-order valence-electron chi connectivity index (χ4n) is 5.19. The van der Waals surface area contributed by atoms with Gasteiger partial charge in [0.05, 0.1) is 24.9 Å². The standard InChI is InChI=1S/C24H28O13/c25-8-14-18(30)19(31)20(32)23(35-14)36-22-16-11(5-6-33-22)17(29)21-24(16,37-21)9-34-15(28)4-2-10-1-3-12(26)13(27)7-10/h1-7,11,14,16-23,25-27,29-32H,8-9H2/b4-2+/t11-,14-,16-,17+,18-,19+,20-,21+,22+,23+,24-/m1/s1. The Morgan fingerprint density at radius 3 is 2.54 bits per heavy atom. The highest BCUT2D eigenvalue weighted by Crippen LogP contribution is 2.60. The molecule has 4 aliphatic rings. The number of hydrogen-bond donors (Lipinski definition) is 7. The van der Waals surface area contributed by atoms with Crippen molar-refractivity contribution in [2.24, 2.45) is 11.8 Å². The molecular formula is C24H28O13. The lowest BCUT2D eigenvalue weighted by atomic mass is 9.85. The molecule has 0 radical (unpaired) electrons. The number of aromatic hydroxyl groups is 2. The molecule has 1 aromatic rings. The van der Waals surface area contributed by atoms with E-state index in [-0.39, 0.29) is 18.1 Å². The van der Waals surface area contributed by atoms with Crippen molar-refractivity contribution in [3.63, 3.8) is 0 Å². The average molecular weight is 524 g/mol. The number of esters is 1. The van der Waals surface area contributed by atoms with E-state index < -0.39 is 79.2 Å². The number of benzene rings is 1. The van der Waals surface area contributed by atoms with Gasteiger partial charge in [-0.1, -0.05) is 6.07 Å². The summed E-state index contributed by atoms with van der Waals surface area (Å²) < 4.78 is 27.9. The van der Waals surface area contributed by atoms with E-state index >= 15 is 0 Å². The minimum absolute atomic E-state index is 0.258. The first-order valence-electron chi connectivity index (χ1n) is 11.7. The molecule has 0 amide bonds. The van der Waals surface area contributed by atoms with Crippen LogP contribution in [0.25, 0.3) is 6.08 Å². The van der Waals surface area contributed by atoms with Gasteiger partial charge in [-0.2, -0.15) is 0 Å². The van der Waals surface area contributed by atoms with Crippen molar-refractivity contribution in [3.8, 4) is 11.5 Å². The third-order valence-corrected chi connectivity index (χ3v) is 7.23. The molecule has 0 unspecified atom stereocenters. The molecule has 0 bridgehead atoms. The summed E-state index contributed by atoms with van der Waals surface area (Å²) in [6, 6.07) is 4.03. The summed E-state index contributed by atoms with van der Waals surface area (Å²) in [5.74, 6) is -2.57. The van der Waals surface area contributed by atoms with E-state index in [1.54, 1.807) is 6.08 Å². The van der Waals surface area contributed by atoms with Gasteiger partial charge in [0.2, 0.25) is 6.29 Å². The van der Waals surface area contributed by atoms with Gasteiger partial charge in [-0.25, -0.2) is 4.79 Å². The van der Waals surface area contributed by atoms with Gasteiger partial charge in [0, 0.05) is 12.0 Å². The van der Waals surface area contributed by atoms with E-state index in [0.717, 1.165) is 6.08 Å². The molecule has 0 aromatic heterocycles. The summed E-state index contributed by atoms with van der Waals surface area (Å²) in [7, 11) is 0. The zero-order valence-corrected chi connectivity index (χ0v) is 19.3. The Labute approximate surface area is 210 Å². The average Bonchev–Trinajstić information content (AvgIpc) is 3.57. The zero-order valence-electron chi connectivity index (χ0n) is 19.3. The molecule has 3 heterocycles. The van der Waals surface area contributed by atoms with Crippen molar-refractivity contribution < 1.29 is 64.2 Å². The number of carbonyl (C=O) groups is 1. The van der Waals surface area contributed by atoms with Gasteiger partial charge in [0.25, 0.3) is 0 Å². The molecule has 13 nitrogen and oxygen atoms in total. The Hall–Kier alpha value is -2.75. The lowest BCUT2D eigenvalue weighted by Crippen LogP contribution is -2.60. The molecule has 1 saturated carbocycles. The second-order valence-electron chi connectivity index (χ2n) is 9.44. The van der Waals surface area contributed by atoms with Crippen LogP contribution in [0.4, 0.5) is 0 Å². The number of phenols is 2. The SMILES string of the molecule is O=C(/C=C/c1ccc(O)c(O)c1)OC[C@]12O[C@H]1[C@@H](O)[C@@H]1C=CO[C@@H](O[C@@H]3O[C@H](CO)[C@@H](O)[C@H](O)[C@H]3O)[C@@H]12. The Kier molecular flexibility index (Phi) is 6.89. The van der Waals surface area contributed by atoms with Crippen LogP contribution in [-0.4, -0.2) is 110 Å². The van der Waals surface area contributed by atoms with Crippen LogP contribution in [0.3, 0.4) is 0 Å². The third-order valence-electron chi connectivity index (χ3n) is 7.23. The zero-order chi connectivity index (χ0) is 26.5. The second-order valence-corrected chi connectivity index (χ2v) is 9.44. The molecule has 7 N–H and O–H groups in total. The largest absolute Gasteiger partial charge is 0.504 e. The summed E-state index contributed by atoms with van der Waals surface area (Å²) in [4.78, 5) is 12.4. The maximum Gasteiger partial charge on any atom is 0.330 e. The van der Waals surface area contributed by atoms with Crippen LogP contribution < -0.4 is 0 Å². The molecular weight excluding hydrogens is 496 g/mol. The van der Waals surface area contributed by atoms with Crippen LogP contribution in [0.1, 0.15) is 5.56 Å². The maximum absolute atomic E-state index is 12.4. The molecule has 1 aromatic carbocycles. The van der Waals surface area contributed by atoms with Crippen molar-refractivity contribution in [2.45, 2.75) is 54.8 Å². The number of phenolic OH excluding ortho intramolecular Hbond substituents is 2. The van der Waals surface area contributed by atoms with Crippen LogP contribution in [0.5, 0.6) is 11.5 Å². The highest BCUT2D eigenvalue weighted by atomic mass is 16.8. The number of rotatable bonds is 7. The molecule has 5 rings (SSSR count). The van der Waals surface area contributed by atoms with Gasteiger partial charge in [-0.3, -0.25) is 0 Å². The van der Waals surface area contributed by atoms with Gasteiger partial charge >= 0.3 is 5.97 Å². The minimum atomic E-state index is -1.66. The molecule has 3 fully saturated rings. The number of ether oxygens (including phenoxy) is 5. The quantitative estimate of drug-likeness (QED) is 0.0900. The normalized spacial score (nSPS) is 42.2. The summed E-state index contributed by atoms with van der Waals surface area (Å²) in [5, 5.41) is 69.5. The Bertz CT molecular complexity index is 1070. The van der Waals surface area contributed by atoms with Crippen LogP contribution in [0.2, 0.25) is 0 Å². The van der Waals surface area contributed by atoms with Crippen molar-refractivity contribution >= 4 is 12.0 Å². The molecule has 3 aliphatic heterocycles. The van der Waals surface area contributed by atoms with Crippen LogP contribution in [0.15, 0.2) is 36.6 Å². The first kappa shape index (κ1) is 25.9. The van der Waals surface area contributed by atoms with E-state index in [9.17, 15) is 40.5 Å². The summed E-state index contributed by atoms with van der Waals surface area (Å²) in [5.41, 5.74) is -0.713. The van der Waals surface area contributed by atoms with Crippen molar-refractivity contribution in [2.75, 3.05) is 13.2 Å². The number of hydrogen-bond acceptors (Lipinski definition) is 13. The molecule has 13 heteroatoms. The topological polar surface area (TPSA) is 208 Å². The Morgan fingerprint density at radius 1 is 1.03 bits per heavy atom. The molecule has 2 saturated heterocycles. The van der Waals surface area contributed by atoms with Crippen molar-refractivity contribution in [1.82, 2.24) is 0 Å². The monoisotopic (exact) mass is 524 g/mol. The first-order valence-corrected chi connectivity index (χ1v) is 11.7. The molecule has 1 aliphatic carbocycles. The summed E-state index contributed by atoms with van der Waals surface area (Å²) in [6.07, 6.45) is -4.88. The van der Waals surface area contributed by atoms with Gasteiger partial charge in [0.1, 0.15) is 42.7 Å². The number of aliphatic hydroxyl groups excluding tert-OH is 5. The molecule has 0 spiro atoms. The van der Waals surface area contributed by atoms with Gasteiger partial charge in [-0.05, 0) is 29.8 Å². The number of aliphatic hydroxyl groups is 5. The second kappa shape index (κ2) is 9.85. The molecule has 37 heavy (non-hydrogen) atoms. The molecule has 11 atom stereocenters. The number of carbonyl (C=O) groups excluding carboxylic acids is 1. The summed E-state index contributed by atoms with van der Waals surface area (Å²) >= 11 is 0. The maximum atomic E-state index is 12.4. The fourth-order valence-corrected chi connectivity index (χ4v) is 5.19. The van der Waals surface area contributed by atoms with Crippen LogP contribution in [0, 0.1) is 11.8 Å². The van der Waals surface area contributed by atoms with Crippen molar-refractivity contribution in [3.05, 3.63) is 42.2 Å². The van der Waals surface area contributed by atoms with Gasteiger partial charge in [0.15, 0.2) is 17.8 Å². The smallest absolute Gasteiger partial charge is 0.330 e. The minimum Gasteiger partial charge on any atom is -0.504 e. The predicted molar refractivity (Wildman–Crippen MR) is 119 cm³/mol. The summed E-state index contributed by atoms with van der Waals surface area (Å²) in [6.45, 7) is -0.894. The molecule has 202 valence electrons. The van der Waals surface area contributed by atoms with Gasteiger partial charge in [-0.15, -0.1) is 0 Å². The van der Waals surface area contributed by atoms with E-state index in [4.69, 9.17) is 23.7 Å². The highest BCUT2D eigenvalue weighted by Gasteiger charge is 2.76. The van der Waals surface area contributed by atoms with E-state index in [0.29, 0.717) is 5.56 Å². The van der Waals surface area contributed by atoms with Crippen LogP contribution in [-0.2, 0) is 28.5 Å². The number of fused-ring (bicyclic) bond motifs is 3. The Balaban J connectivity index is 1.27. The van der Waals surface area contributed by atoms with Crippen LogP contribution >= 0.6 is 0 Å². The van der Waals surface area contributed by atoms with Gasteiger partial charge < -0.3 is 59.4 Å². The highest BCUT2D eigenvalue weighted by molar-refractivity contribution is 5.87. The van der Waals surface area contributed by atoms with Crippen molar-refractivity contribution in [1.29, 1.82) is 0 Å². The van der Waals surface area contributed by atoms with E-state index in [1.807, 2.05) is 0 Å². The lowest BCUT2D eigenvalue weighted by Gasteiger charge is -2.43. The van der Waals surface area contributed by atoms with E-state index in [2.05, 4.69) is 0 Å². The first-order chi connectivity index (χ1) is 17.7. The third kappa shape index (κ3) is 4.57. The lowest BCUT2D eigenvalue weighted by molar-refractivity contribution is -0.344. The predicted octanol–water partition coefficient (Wildman–Crippen LogP) is -1.91.